The van der Waals surface area contributed by atoms with E-state index >= 15 is 0 Å². The summed E-state index contributed by atoms with van der Waals surface area (Å²) in [5.74, 6) is 0.443. The van der Waals surface area contributed by atoms with Crippen LogP contribution in [0.2, 0.25) is 0 Å². The van der Waals surface area contributed by atoms with Gasteiger partial charge in [0.15, 0.2) is 11.4 Å². The fraction of sp³-hybridized carbons (Fsp3) is 0.615. The monoisotopic (exact) mass is 411 g/mol. The Bertz CT molecular complexity index is 856. The molecule has 164 valence electrons. The summed E-state index contributed by atoms with van der Waals surface area (Å²) in [5, 5.41) is 0. The molecule has 1 aromatic carbocycles. The molecule has 0 aromatic heterocycles. The quantitative estimate of drug-likeness (QED) is 0.377. The third kappa shape index (κ3) is 3.48. The Morgan fingerprint density at radius 2 is 1.80 bits per heavy atom. The number of Topliss-reactive ketones (excluding diaryl/α,β-unsaturated/α-hetero) is 1. The van der Waals surface area contributed by atoms with Crippen molar-refractivity contribution in [1.29, 1.82) is 0 Å². The Morgan fingerprint density at radius 3 is 2.33 bits per heavy atom. The van der Waals surface area contributed by atoms with Crippen LogP contribution in [0.1, 0.15) is 85.1 Å². The lowest BCUT2D eigenvalue weighted by atomic mass is 9.53. The van der Waals surface area contributed by atoms with Crippen LogP contribution < -0.4 is 5.73 Å². The van der Waals surface area contributed by atoms with Gasteiger partial charge in [-0.1, -0.05) is 50.5 Å². The number of hydrogen-bond acceptors (Lipinski definition) is 4. The second kappa shape index (κ2) is 8.20. The lowest BCUT2D eigenvalue weighted by Crippen LogP contribution is -2.56. The van der Waals surface area contributed by atoms with Gasteiger partial charge in [0, 0.05) is 23.9 Å². The van der Waals surface area contributed by atoms with Crippen molar-refractivity contribution in [3.63, 3.8) is 0 Å². The van der Waals surface area contributed by atoms with Crippen molar-refractivity contribution >= 4 is 17.4 Å². The van der Waals surface area contributed by atoms with Gasteiger partial charge in [0.05, 0.1) is 0 Å². The number of rotatable bonds is 5. The van der Waals surface area contributed by atoms with Gasteiger partial charge in [0.2, 0.25) is 0 Å². The smallest absolute Gasteiger partial charge is 0.303 e. The Labute approximate surface area is 181 Å². The number of ether oxygens (including phenoxy) is 1. The van der Waals surface area contributed by atoms with Crippen molar-refractivity contribution < 1.29 is 14.3 Å². The van der Waals surface area contributed by atoms with Crippen LogP contribution in [-0.4, -0.2) is 17.4 Å². The van der Waals surface area contributed by atoms with E-state index in [4.69, 9.17) is 10.5 Å². The first-order valence-electron chi connectivity index (χ1n) is 11.3. The molecule has 2 fully saturated rings. The Hall–Kier alpha value is -2.10. The number of nitrogen functional groups attached to an aromatic ring is 1. The summed E-state index contributed by atoms with van der Waals surface area (Å²) in [5.41, 5.74) is 9.48. The highest BCUT2D eigenvalue weighted by Crippen LogP contribution is 2.65. The lowest BCUT2D eigenvalue weighted by molar-refractivity contribution is -0.182. The number of benzene rings is 1. The van der Waals surface area contributed by atoms with Gasteiger partial charge < -0.3 is 10.5 Å². The average molecular weight is 412 g/mol. The highest BCUT2D eigenvalue weighted by molar-refractivity contribution is 5.89. The Morgan fingerprint density at radius 1 is 1.17 bits per heavy atom. The summed E-state index contributed by atoms with van der Waals surface area (Å²) >= 11 is 0. The molecule has 2 saturated carbocycles. The molecule has 30 heavy (non-hydrogen) atoms. The summed E-state index contributed by atoms with van der Waals surface area (Å²) in [7, 11) is 0. The maximum Gasteiger partial charge on any atom is 0.303 e. The highest BCUT2D eigenvalue weighted by Gasteiger charge is 2.66. The van der Waals surface area contributed by atoms with Crippen molar-refractivity contribution in [1.82, 2.24) is 0 Å². The van der Waals surface area contributed by atoms with Crippen molar-refractivity contribution in [2.24, 2.45) is 17.3 Å². The molecule has 3 unspecified atom stereocenters. The minimum atomic E-state index is -1.03. The van der Waals surface area contributed by atoms with E-state index in [0.29, 0.717) is 18.3 Å². The molecule has 5 atom stereocenters. The number of nitrogens with two attached hydrogens (primary N) is 1. The number of fused-ring (bicyclic) bond motifs is 1. The van der Waals surface area contributed by atoms with Crippen LogP contribution in [0.4, 0.5) is 5.69 Å². The number of carbonyl (C=O) groups excluding carboxylic acids is 2. The molecular formula is C26H37NO3. The first kappa shape index (κ1) is 22.6. The highest BCUT2D eigenvalue weighted by atomic mass is 16.6. The van der Waals surface area contributed by atoms with Crippen LogP contribution in [0.3, 0.4) is 0 Å². The molecular weight excluding hydrogens is 374 g/mol. The fourth-order valence-corrected chi connectivity index (χ4v) is 6.74. The third-order valence-corrected chi connectivity index (χ3v) is 7.99. The second-order valence-electron chi connectivity index (χ2n) is 9.74. The molecule has 0 radical (unpaired) electrons. The van der Waals surface area contributed by atoms with Gasteiger partial charge in [-0.05, 0) is 69.1 Å². The van der Waals surface area contributed by atoms with E-state index in [1.807, 2.05) is 12.1 Å². The summed E-state index contributed by atoms with van der Waals surface area (Å²) in [6.07, 6.45) is 4.51. The fourth-order valence-electron chi connectivity index (χ4n) is 6.74. The average Bonchev–Trinajstić information content (AvgIpc) is 2.95. The minimum Gasteiger partial charge on any atom is -0.451 e. The van der Waals surface area contributed by atoms with Crippen LogP contribution in [0.5, 0.6) is 0 Å². The number of esters is 1. The summed E-state index contributed by atoms with van der Waals surface area (Å²) in [4.78, 5) is 25.0. The van der Waals surface area contributed by atoms with Crippen LogP contribution >= 0.6 is 0 Å². The molecule has 4 nitrogen and oxygen atoms in total. The van der Waals surface area contributed by atoms with E-state index in [1.54, 1.807) is 6.92 Å². The molecule has 4 heteroatoms. The predicted octanol–water partition coefficient (Wildman–Crippen LogP) is 5.82. The van der Waals surface area contributed by atoms with Gasteiger partial charge in [0.1, 0.15) is 0 Å². The number of ketones is 1. The second-order valence-corrected chi connectivity index (χ2v) is 9.74. The zero-order chi connectivity index (χ0) is 22.3. The maximum absolute atomic E-state index is 13.0. The first-order valence-corrected chi connectivity index (χ1v) is 11.3. The van der Waals surface area contributed by atoms with Gasteiger partial charge in [-0.2, -0.15) is 0 Å². The molecule has 0 saturated heterocycles. The number of anilines is 1. The molecule has 2 aliphatic carbocycles. The number of carbonyl (C=O) groups is 2. The van der Waals surface area contributed by atoms with Crippen molar-refractivity contribution in [3.8, 4) is 0 Å². The van der Waals surface area contributed by atoms with E-state index in [2.05, 4.69) is 39.8 Å². The zero-order valence-corrected chi connectivity index (χ0v) is 19.4. The molecule has 2 N–H and O–H groups in total. The lowest BCUT2D eigenvalue weighted by Gasteiger charge is -2.52. The minimum absolute atomic E-state index is 0.0244. The standard InChI is InChI=1S/C26H37NO3/c1-7-8-16(2)24-17(3)23-13-14-26(18(4)28,30-19(5)29)25(23,6)15-22(24)20-9-11-21(27)12-10-20/h9-12,17,22-23H,7-8,13-15,27H2,1-6H3/b24-16-/t17?,22?,23?,25-,26-/m0/s1. The van der Waals surface area contributed by atoms with Crippen LogP contribution in [0.25, 0.3) is 0 Å². The van der Waals surface area contributed by atoms with Gasteiger partial charge in [-0.15, -0.1) is 0 Å². The molecule has 0 aliphatic heterocycles. The summed E-state index contributed by atoms with van der Waals surface area (Å²) < 4.78 is 5.90. The van der Waals surface area contributed by atoms with E-state index in [9.17, 15) is 9.59 Å². The van der Waals surface area contributed by atoms with Gasteiger partial charge >= 0.3 is 5.97 Å². The largest absolute Gasteiger partial charge is 0.451 e. The van der Waals surface area contributed by atoms with E-state index < -0.39 is 11.0 Å². The van der Waals surface area contributed by atoms with Gasteiger partial charge in [-0.25, -0.2) is 0 Å². The predicted molar refractivity (Wildman–Crippen MR) is 121 cm³/mol. The zero-order valence-electron chi connectivity index (χ0n) is 19.4. The molecule has 0 spiro atoms. The molecule has 3 rings (SSSR count). The van der Waals surface area contributed by atoms with E-state index in [1.165, 1.54) is 23.6 Å². The van der Waals surface area contributed by atoms with Gasteiger partial charge in [-0.3, -0.25) is 9.59 Å². The summed E-state index contributed by atoms with van der Waals surface area (Å²) in [6.45, 7) is 12.0. The Balaban J connectivity index is 2.17. The van der Waals surface area contributed by atoms with Crippen molar-refractivity contribution in [3.05, 3.63) is 41.0 Å². The molecule has 1 aromatic rings. The molecule has 0 heterocycles. The van der Waals surface area contributed by atoms with Gasteiger partial charge in [0.25, 0.3) is 0 Å². The van der Waals surface area contributed by atoms with E-state index in [-0.39, 0.29) is 17.7 Å². The first-order chi connectivity index (χ1) is 14.1. The number of hydrogen-bond donors (Lipinski definition) is 1. The van der Waals surface area contributed by atoms with Crippen LogP contribution in [-0.2, 0) is 14.3 Å². The van der Waals surface area contributed by atoms with Crippen LogP contribution in [0.15, 0.2) is 35.4 Å². The van der Waals surface area contributed by atoms with Crippen molar-refractivity contribution in [2.45, 2.75) is 85.2 Å². The molecule has 2 aliphatic rings. The normalized spacial score (nSPS) is 34.9. The Kier molecular flexibility index (Phi) is 6.18. The van der Waals surface area contributed by atoms with E-state index in [0.717, 1.165) is 31.4 Å². The summed E-state index contributed by atoms with van der Waals surface area (Å²) in [6, 6.07) is 8.15. The van der Waals surface area contributed by atoms with Crippen LogP contribution in [0, 0.1) is 17.3 Å². The SMILES string of the molecule is CCC/C(C)=C1\C(c2ccc(N)cc2)C[C@@]2(C)C(CC[C@]2(OC(C)=O)C(C)=O)C1C. The molecule has 0 amide bonds. The number of allylic oxidation sites excluding steroid dienone is 2. The third-order valence-electron chi connectivity index (χ3n) is 7.99. The molecule has 0 bridgehead atoms. The topological polar surface area (TPSA) is 69.4 Å². The maximum atomic E-state index is 13.0. The van der Waals surface area contributed by atoms with Crippen molar-refractivity contribution in [2.75, 3.05) is 5.73 Å².